The zero-order valence-corrected chi connectivity index (χ0v) is 10.2. The van der Waals surface area contributed by atoms with E-state index in [2.05, 4.69) is 20.6 Å². The van der Waals surface area contributed by atoms with Gasteiger partial charge in [-0.15, -0.1) is 0 Å². The highest BCUT2D eigenvalue weighted by Gasteiger charge is 2.02. The molecule has 1 rings (SSSR count). The van der Waals surface area contributed by atoms with Crippen molar-refractivity contribution in [2.45, 2.75) is 20.3 Å². The highest BCUT2D eigenvalue weighted by molar-refractivity contribution is 5.80. The second-order valence-corrected chi connectivity index (χ2v) is 3.38. The molecule has 1 aromatic rings. The van der Waals surface area contributed by atoms with Crippen molar-refractivity contribution in [3.63, 3.8) is 0 Å². The molecular weight excluding hydrogens is 220 g/mol. The predicted molar refractivity (Wildman–Crippen MR) is 65.0 cm³/mol. The van der Waals surface area contributed by atoms with Crippen LogP contribution in [0.5, 0.6) is 5.88 Å². The number of anilines is 1. The highest BCUT2D eigenvalue weighted by atomic mass is 16.5. The molecule has 0 unspecified atom stereocenters. The van der Waals surface area contributed by atoms with E-state index >= 15 is 0 Å². The van der Waals surface area contributed by atoms with Gasteiger partial charge in [0.25, 0.3) is 0 Å². The second-order valence-electron chi connectivity index (χ2n) is 3.38. The molecule has 0 spiro atoms. The van der Waals surface area contributed by atoms with Crippen LogP contribution in [0.4, 0.5) is 5.82 Å². The largest absolute Gasteiger partial charge is 0.478 e. The normalized spacial score (nSPS) is 9.76. The van der Waals surface area contributed by atoms with Gasteiger partial charge in [-0.3, -0.25) is 4.79 Å². The number of ether oxygens (including phenoxy) is 1. The fourth-order valence-electron chi connectivity index (χ4n) is 1.16. The summed E-state index contributed by atoms with van der Waals surface area (Å²) in [5.41, 5.74) is 0. The van der Waals surface area contributed by atoms with Gasteiger partial charge in [0.2, 0.25) is 11.8 Å². The van der Waals surface area contributed by atoms with Crippen LogP contribution >= 0.6 is 0 Å². The third-order valence-corrected chi connectivity index (χ3v) is 1.94. The number of carbonyl (C=O) groups excluding carboxylic acids is 1. The van der Waals surface area contributed by atoms with Gasteiger partial charge in [0, 0.05) is 12.6 Å². The Balaban J connectivity index is 2.40. The maximum atomic E-state index is 11.3. The Bertz CT molecular complexity index is 357. The van der Waals surface area contributed by atoms with Crippen LogP contribution < -0.4 is 15.4 Å². The summed E-state index contributed by atoms with van der Waals surface area (Å²) in [5, 5.41) is 5.68. The molecule has 17 heavy (non-hydrogen) atoms. The van der Waals surface area contributed by atoms with E-state index in [0.717, 1.165) is 6.42 Å². The van der Waals surface area contributed by atoms with E-state index in [-0.39, 0.29) is 12.5 Å². The average molecular weight is 238 g/mol. The summed E-state index contributed by atoms with van der Waals surface area (Å²) < 4.78 is 5.23. The fourth-order valence-corrected chi connectivity index (χ4v) is 1.16. The van der Waals surface area contributed by atoms with Gasteiger partial charge in [0.05, 0.1) is 13.2 Å². The second kappa shape index (κ2) is 7.43. The lowest BCUT2D eigenvalue weighted by molar-refractivity contribution is -0.119. The molecule has 0 radical (unpaired) electrons. The Hall–Kier alpha value is -1.85. The molecule has 1 amide bonds. The lowest BCUT2D eigenvalue weighted by atomic mass is 10.4. The van der Waals surface area contributed by atoms with Crippen LogP contribution in [0.2, 0.25) is 0 Å². The summed E-state index contributed by atoms with van der Waals surface area (Å²) in [6, 6.07) is 1.66. The topological polar surface area (TPSA) is 76.1 Å². The monoisotopic (exact) mass is 238 g/mol. The zero-order chi connectivity index (χ0) is 12.5. The summed E-state index contributed by atoms with van der Waals surface area (Å²) >= 11 is 0. The van der Waals surface area contributed by atoms with Crippen molar-refractivity contribution in [2.24, 2.45) is 0 Å². The SMILES string of the molecule is CCCNC(=O)CNc1cc(OCC)ncn1. The third-order valence-electron chi connectivity index (χ3n) is 1.94. The Morgan fingerprint density at radius 3 is 2.94 bits per heavy atom. The zero-order valence-electron chi connectivity index (χ0n) is 10.2. The van der Waals surface area contributed by atoms with Crippen LogP contribution in [-0.4, -0.2) is 35.6 Å². The molecule has 0 fully saturated rings. The van der Waals surface area contributed by atoms with E-state index in [0.29, 0.717) is 24.8 Å². The van der Waals surface area contributed by atoms with Crippen molar-refractivity contribution in [2.75, 3.05) is 25.0 Å². The van der Waals surface area contributed by atoms with Gasteiger partial charge in [-0.25, -0.2) is 9.97 Å². The molecule has 0 bridgehead atoms. The summed E-state index contributed by atoms with van der Waals surface area (Å²) in [6.07, 6.45) is 2.32. The minimum Gasteiger partial charge on any atom is -0.478 e. The molecule has 0 aromatic carbocycles. The fraction of sp³-hybridized carbons (Fsp3) is 0.545. The van der Waals surface area contributed by atoms with Crippen molar-refractivity contribution in [1.82, 2.24) is 15.3 Å². The van der Waals surface area contributed by atoms with Crippen LogP contribution in [0, 0.1) is 0 Å². The first-order valence-corrected chi connectivity index (χ1v) is 5.71. The smallest absolute Gasteiger partial charge is 0.239 e. The third kappa shape index (κ3) is 5.14. The van der Waals surface area contributed by atoms with E-state index in [4.69, 9.17) is 4.74 Å². The average Bonchev–Trinajstić information content (AvgIpc) is 2.35. The van der Waals surface area contributed by atoms with E-state index in [9.17, 15) is 4.79 Å². The van der Waals surface area contributed by atoms with Gasteiger partial charge in [0.15, 0.2) is 0 Å². The van der Waals surface area contributed by atoms with Crippen molar-refractivity contribution >= 4 is 11.7 Å². The first-order valence-electron chi connectivity index (χ1n) is 5.71. The van der Waals surface area contributed by atoms with Gasteiger partial charge < -0.3 is 15.4 Å². The molecule has 1 aromatic heterocycles. The van der Waals surface area contributed by atoms with E-state index in [1.165, 1.54) is 6.33 Å². The van der Waals surface area contributed by atoms with E-state index in [1.807, 2.05) is 13.8 Å². The van der Waals surface area contributed by atoms with Gasteiger partial charge >= 0.3 is 0 Å². The molecule has 1 heterocycles. The Kier molecular flexibility index (Phi) is 5.77. The number of nitrogens with one attached hydrogen (secondary N) is 2. The number of amides is 1. The highest BCUT2D eigenvalue weighted by Crippen LogP contribution is 2.10. The number of nitrogens with zero attached hydrogens (tertiary/aromatic N) is 2. The predicted octanol–water partition coefficient (Wildman–Crippen LogP) is 0.813. The molecule has 0 saturated carbocycles. The number of hydrogen-bond acceptors (Lipinski definition) is 5. The molecule has 0 aliphatic heterocycles. The number of rotatable bonds is 7. The first-order chi connectivity index (χ1) is 8.26. The lowest BCUT2D eigenvalue weighted by Gasteiger charge is -2.07. The van der Waals surface area contributed by atoms with Crippen LogP contribution in [0.1, 0.15) is 20.3 Å². The maximum Gasteiger partial charge on any atom is 0.239 e. The van der Waals surface area contributed by atoms with Crippen molar-refractivity contribution in [3.8, 4) is 5.88 Å². The van der Waals surface area contributed by atoms with Crippen LogP contribution in [0.3, 0.4) is 0 Å². The molecule has 2 N–H and O–H groups in total. The number of carbonyl (C=O) groups is 1. The standard InChI is InChI=1S/C11H18N4O2/c1-3-5-12-10(16)7-13-9-6-11(17-4-2)15-8-14-9/h6,8H,3-5,7H2,1-2H3,(H,12,16)(H,13,14,15). The maximum absolute atomic E-state index is 11.3. The number of aromatic nitrogens is 2. The van der Waals surface area contributed by atoms with Crippen LogP contribution in [0.25, 0.3) is 0 Å². The van der Waals surface area contributed by atoms with E-state index in [1.54, 1.807) is 6.07 Å². The lowest BCUT2D eigenvalue weighted by Crippen LogP contribution is -2.30. The summed E-state index contributed by atoms with van der Waals surface area (Å²) in [5.74, 6) is 1.03. The van der Waals surface area contributed by atoms with Gasteiger partial charge in [-0.1, -0.05) is 6.92 Å². The summed E-state index contributed by atoms with van der Waals surface area (Å²) in [7, 11) is 0. The van der Waals surface area contributed by atoms with Gasteiger partial charge in [-0.05, 0) is 13.3 Å². The molecule has 0 aliphatic carbocycles. The van der Waals surface area contributed by atoms with Crippen molar-refractivity contribution in [1.29, 1.82) is 0 Å². The Labute approximate surface area is 101 Å². The minimum absolute atomic E-state index is 0.0524. The van der Waals surface area contributed by atoms with Gasteiger partial charge in [0.1, 0.15) is 12.1 Å². The Morgan fingerprint density at radius 2 is 2.24 bits per heavy atom. The summed E-state index contributed by atoms with van der Waals surface area (Å²) in [6.45, 7) is 5.32. The molecule has 6 heteroatoms. The molecule has 0 atom stereocenters. The van der Waals surface area contributed by atoms with Crippen LogP contribution in [0.15, 0.2) is 12.4 Å². The van der Waals surface area contributed by atoms with Gasteiger partial charge in [-0.2, -0.15) is 0 Å². The van der Waals surface area contributed by atoms with Crippen LogP contribution in [-0.2, 0) is 4.79 Å². The quantitative estimate of drug-likeness (QED) is 0.735. The number of hydrogen-bond donors (Lipinski definition) is 2. The Morgan fingerprint density at radius 1 is 1.41 bits per heavy atom. The summed E-state index contributed by atoms with van der Waals surface area (Å²) in [4.78, 5) is 19.3. The molecule has 0 saturated heterocycles. The minimum atomic E-state index is -0.0524. The molecular formula is C11H18N4O2. The molecule has 0 aliphatic rings. The van der Waals surface area contributed by atoms with Crippen molar-refractivity contribution in [3.05, 3.63) is 12.4 Å². The molecule has 6 nitrogen and oxygen atoms in total. The molecule has 94 valence electrons. The van der Waals surface area contributed by atoms with E-state index < -0.39 is 0 Å². The first kappa shape index (κ1) is 13.2. The van der Waals surface area contributed by atoms with Crippen molar-refractivity contribution < 1.29 is 9.53 Å².